The number of halogens is 1. The number of ether oxygens (including phenoxy) is 2. The third-order valence-electron chi connectivity index (χ3n) is 9.95. The first-order valence-electron chi connectivity index (χ1n) is 17.6. The molecule has 1 aromatic carbocycles. The van der Waals surface area contributed by atoms with E-state index in [0.29, 0.717) is 37.3 Å². The zero-order valence-electron chi connectivity index (χ0n) is 29.1. The molecule has 278 valence electrons. The number of allylic oxidation sites excluding steroid dienone is 1. The normalized spacial score (nSPS) is 28.3. The van der Waals surface area contributed by atoms with Gasteiger partial charge in [-0.1, -0.05) is 42.7 Å². The number of carbonyl (C=O) groups is 5. The van der Waals surface area contributed by atoms with Crippen molar-refractivity contribution in [3.8, 4) is 0 Å². The number of rotatable bonds is 5. The van der Waals surface area contributed by atoms with E-state index in [0.717, 1.165) is 24.0 Å². The fraction of sp³-hybridized carbons (Fsp3) is 0.629. The number of amides is 5. The number of nitrogens with zero attached hydrogens (tertiary/aromatic N) is 2. The van der Waals surface area contributed by atoms with Gasteiger partial charge in [-0.05, 0) is 82.6 Å². The summed E-state index contributed by atoms with van der Waals surface area (Å²) in [5, 5.41) is 5.40. The summed E-state index contributed by atoms with van der Waals surface area (Å²) in [7, 11) is -3.90. The molecule has 0 unspecified atom stereocenters. The van der Waals surface area contributed by atoms with Crippen molar-refractivity contribution in [3.63, 3.8) is 0 Å². The summed E-state index contributed by atoms with van der Waals surface area (Å²) in [4.78, 5) is 71.1. The number of fused-ring (bicyclic) bond motifs is 3. The van der Waals surface area contributed by atoms with Gasteiger partial charge in [0.05, 0.1) is 11.8 Å². The van der Waals surface area contributed by atoms with Crippen LogP contribution < -0.4 is 15.4 Å². The molecule has 3 aliphatic heterocycles. The molecule has 5 amide bonds. The monoisotopic (exact) mass is 747 g/mol. The average molecular weight is 748 g/mol. The van der Waals surface area contributed by atoms with Crippen molar-refractivity contribution in [2.45, 2.75) is 126 Å². The maximum atomic E-state index is 14.3. The van der Waals surface area contributed by atoms with E-state index in [4.69, 9.17) is 21.1 Å². The van der Waals surface area contributed by atoms with Crippen LogP contribution in [-0.4, -0.2) is 89.2 Å². The number of hydrogen-bond acceptors (Lipinski definition) is 9. The molecule has 0 aromatic heterocycles. The van der Waals surface area contributed by atoms with Gasteiger partial charge in [0.25, 0.3) is 5.91 Å². The molecule has 1 saturated heterocycles. The van der Waals surface area contributed by atoms with Crippen molar-refractivity contribution in [2.75, 3.05) is 6.54 Å². The number of nitrogens with one attached hydrogen (secondary N) is 3. The molecule has 3 fully saturated rings. The largest absolute Gasteiger partial charge is 0.444 e. The quantitative estimate of drug-likeness (QED) is 0.379. The molecule has 0 bridgehead atoms. The molecule has 2 aliphatic carbocycles. The smallest absolute Gasteiger partial charge is 0.410 e. The zero-order valence-corrected chi connectivity index (χ0v) is 30.7. The fourth-order valence-electron chi connectivity index (χ4n) is 7.01. The third kappa shape index (κ3) is 8.62. The Balaban J connectivity index is 1.25. The Morgan fingerprint density at radius 3 is 2.51 bits per heavy atom. The molecule has 6 rings (SSSR count). The molecule has 2 saturated carbocycles. The van der Waals surface area contributed by atoms with Crippen LogP contribution in [0.25, 0.3) is 0 Å². The van der Waals surface area contributed by atoms with Crippen LogP contribution >= 0.6 is 11.6 Å². The molecule has 3 heterocycles. The molecule has 0 spiro atoms. The first-order chi connectivity index (χ1) is 24.0. The van der Waals surface area contributed by atoms with Crippen LogP contribution in [0.1, 0.15) is 89.7 Å². The van der Waals surface area contributed by atoms with Gasteiger partial charge in [0.1, 0.15) is 29.3 Å². The Labute approximate surface area is 303 Å². The third-order valence-corrected chi connectivity index (χ3v) is 12.0. The lowest BCUT2D eigenvalue weighted by Crippen LogP contribution is -2.58. The number of sulfonamides is 1. The summed E-state index contributed by atoms with van der Waals surface area (Å²) < 4.78 is 39.0. The predicted molar refractivity (Wildman–Crippen MR) is 186 cm³/mol. The van der Waals surface area contributed by atoms with Crippen molar-refractivity contribution in [3.05, 3.63) is 46.5 Å². The summed E-state index contributed by atoms with van der Waals surface area (Å²) in [6, 6.07) is 3.16. The minimum absolute atomic E-state index is 0.0757. The Bertz CT molecular complexity index is 1730. The van der Waals surface area contributed by atoms with Gasteiger partial charge in [-0.25, -0.2) is 18.0 Å². The Morgan fingerprint density at radius 1 is 1.04 bits per heavy atom. The number of carbonyl (C=O) groups excluding carboxylic acids is 5. The Morgan fingerprint density at radius 2 is 1.78 bits per heavy atom. The molecular formula is C35H46ClN5O9S. The lowest BCUT2D eigenvalue weighted by atomic mass is 10.0. The standard InChI is InChI=1S/C35H46ClN5O9S/c1-34(2,3)50-32(45)37-27-10-8-6-4-5-7-9-23-17-35(23,31(44)39-51(47,48)26-13-14-26)38-29(42)28-16-25(20-41(28)30(27)43)49-33(46)40-18-21-11-12-24(36)15-22(21)19-40/h7,9,11-12,15,23,25-28H,4-6,8,10,13-14,16-20H2,1-3H3,(H,37,45)(H,38,42)(H,39,44)/t23-,25-,27+,28+,35-/m1/s1. The van der Waals surface area contributed by atoms with Gasteiger partial charge in [0.15, 0.2) is 0 Å². The van der Waals surface area contributed by atoms with Crippen molar-refractivity contribution < 1.29 is 41.9 Å². The van der Waals surface area contributed by atoms with E-state index < -0.39 is 80.4 Å². The minimum atomic E-state index is -3.90. The van der Waals surface area contributed by atoms with Crippen molar-refractivity contribution >= 4 is 51.5 Å². The van der Waals surface area contributed by atoms with Gasteiger partial charge < -0.3 is 25.0 Å². The first-order valence-corrected chi connectivity index (χ1v) is 19.5. The highest BCUT2D eigenvalue weighted by Crippen LogP contribution is 2.46. The predicted octanol–water partition coefficient (Wildman–Crippen LogP) is 3.66. The molecule has 1 aromatic rings. The lowest BCUT2D eigenvalue weighted by molar-refractivity contribution is -0.141. The van der Waals surface area contributed by atoms with Crippen molar-refractivity contribution in [1.29, 1.82) is 0 Å². The van der Waals surface area contributed by atoms with Gasteiger partial charge in [0.2, 0.25) is 21.8 Å². The highest BCUT2D eigenvalue weighted by molar-refractivity contribution is 7.91. The van der Waals surface area contributed by atoms with E-state index in [1.807, 2.05) is 18.2 Å². The Kier molecular flexibility index (Phi) is 10.3. The van der Waals surface area contributed by atoms with Crippen LogP contribution in [-0.2, 0) is 47.0 Å². The van der Waals surface area contributed by atoms with Crippen LogP contribution in [0.15, 0.2) is 30.4 Å². The SMILES string of the molecule is CC(C)(C)OC(=O)N[C@H]1CCCCCC=C[C@@H]2C[C@@]2(C(=O)NS(=O)(=O)C2CC2)NC(=O)[C@@H]2C[C@@H](OC(=O)N3Cc4ccc(Cl)cc4C3)CN2C1=O. The highest BCUT2D eigenvalue weighted by Gasteiger charge is 2.62. The molecule has 3 N–H and O–H groups in total. The molecule has 16 heteroatoms. The van der Waals surface area contributed by atoms with E-state index in [1.165, 1.54) is 9.80 Å². The van der Waals surface area contributed by atoms with Crippen LogP contribution in [0.5, 0.6) is 0 Å². The maximum absolute atomic E-state index is 14.3. The second-order valence-corrected chi connectivity index (χ2v) is 17.6. The van der Waals surface area contributed by atoms with Crippen molar-refractivity contribution in [1.82, 2.24) is 25.2 Å². The summed E-state index contributed by atoms with van der Waals surface area (Å²) in [6.45, 7) is 5.57. The van der Waals surface area contributed by atoms with Crippen LogP contribution in [0.2, 0.25) is 5.02 Å². The molecule has 5 atom stereocenters. The zero-order chi connectivity index (χ0) is 36.7. The second kappa shape index (κ2) is 14.3. The topological polar surface area (TPSA) is 181 Å². The highest BCUT2D eigenvalue weighted by atomic mass is 35.5. The number of benzene rings is 1. The molecule has 51 heavy (non-hydrogen) atoms. The van der Waals surface area contributed by atoms with E-state index in [-0.39, 0.29) is 32.4 Å². The molecular weight excluding hydrogens is 702 g/mol. The summed E-state index contributed by atoms with van der Waals surface area (Å²) >= 11 is 6.14. The fourth-order valence-corrected chi connectivity index (χ4v) is 8.57. The first kappa shape index (κ1) is 36.9. The van der Waals surface area contributed by atoms with Gasteiger partial charge in [-0.15, -0.1) is 0 Å². The number of alkyl carbamates (subject to hydrolysis) is 1. The van der Waals surface area contributed by atoms with Gasteiger partial charge >= 0.3 is 12.2 Å². The Hall–Kier alpha value is -3.85. The molecule has 0 radical (unpaired) electrons. The second-order valence-electron chi connectivity index (χ2n) is 15.2. The average Bonchev–Trinajstić information content (AvgIpc) is 3.93. The maximum Gasteiger partial charge on any atom is 0.410 e. The van der Waals surface area contributed by atoms with Crippen LogP contribution in [0.4, 0.5) is 9.59 Å². The van der Waals surface area contributed by atoms with Gasteiger partial charge in [-0.2, -0.15) is 0 Å². The van der Waals surface area contributed by atoms with Gasteiger partial charge in [-0.3, -0.25) is 24.0 Å². The summed E-state index contributed by atoms with van der Waals surface area (Å²) in [5.74, 6) is -2.52. The number of hydrogen-bond donors (Lipinski definition) is 3. The molecule has 14 nitrogen and oxygen atoms in total. The van der Waals surface area contributed by atoms with Gasteiger partial charge in [0, 0.05) is 30.5 Å². The van der Waals surface area contributed by atoms with Crippen LogP contribution in [0.3, 0.4) is 0 Å². The van der Waals surface area contributed by atoms with Crippen LogP contribution in [0, 0.1) is 5.92 Å². The molecule has 5 aliphatic rings. The van der Waals surface area contributed by atoms with Crippen molar-refractivity contribution in [2.24, 2.45) is 5.92 Å². The van der Waals surface area contributed by atoms with E-state index >= 15 is 0 Å². The van der Waals surface area contributed by atoms with E-state index in [1.54, 1.807) is 32.9 Å². The lowest BCUT2D eigenvalue weighted by Gasteiger charge is -2.30. The summed E-state index contributed by atoms with van der Waals surface area (Å²) in [5.41, 5.74) is -0.528. The summed E-state index contributed by atoms with van der Waals surface area (Å²) in [6.07, 6.45) is 5.54. The van der Waals surface area contributed by atoms with E-state index in [9.17, 15) is 32.4 Å². The van der Waals surface area contributed by atoms with E-state index in [2.05, 4.69) is 15.4 Å². The minimum Gasteiger partial charge on any atom is -0.444 e.